The minimum absolute atomic E-state index is 0.113. The minimum atomic E-state index is -0.539. The minimum Gasteiger partial charge on any atom is -0.497 e. The lowest BCUT2D eigenvalue weighted by Crippen LogP contribution is -2.29. The Hall–Kier alpha value is -3.38. The number of methoxy groups -OCH3 is 1. The van der Waals surface area contributed by atoms with Crippen molar-refractivity contribution in [3.63, 3.8) is 0 Å². The number of rotatable bonds is 4. The second kappa shape index (κ2) is 7.71. The summed E-state index contributed by atoms with van der Waals surface area (Å²) in [6.07, 6.45) is 0. The number of amides is 1. The summed E-state index contributed by atoms with van der Waals surface area (Å²) in [5.74, 6) is 0.562. The Bertz CT molecular complexity index is 1360. The van der Waals surface area contributed by atoms with Crippen molar-refractivity contribution in [2.75, 3.05) is 7.11 Å². The van der Waals surface area contributed by atoms with Crippen LogP contribution in [0.15, 0.2) is 86.5 Å². The molecule has 0 bridgehead atoms. The molecule has 31 heavy (non-hydrogen) atoms. The number of hydrogen-bond acceptors (Lipinski definition) is 4. The first-order chi connectivity index (χ1) is 15.1. The Balaban J connectivity index is 1.69. The fraction of sp³-hybridized carbons (Fsp3) is 0.120. The summed E-state index contributed by atoms with van der Waals surface area (Å²) >= 11 is 3.51. The first-order valence-corrected chi connectivity index (χ1v) is 10.6. The van der Waals surface area contributed by atoms with E-state index in [2.05, 4.69) is 15.9 Å². The smallest absolute Gasteiger partial charge is 0.291 e. The van der Waals surface area contributed by atoms with Crippen LogP contribution in [0.3, 0.4) is 0 Å². The zero-order valence-corrected chi connectivity index (χ0v) is 18.3. The quantitative estimate of drug-likeness (QED) is 0.401. The second-order valence-corrected chi connectivity index (χ2v) is 8.32. The van der Waals surface area contributed by atoms with Gasteiger partial charge in [-0.1, -0.05) is 52.3 Å². The van der Waals surface area contributed by atoms with E-state index in [1.807, 2.05) is 48.5 Å². The van der Waals surface area contributed by atoms with Crippen molar-refractivity contribution < 1.29 is 13.9 Å². The molecule has 0 radical (unpaired) electrons. The molecule has 0 saturated carbocycles. The van der Waals surface area contributed by atoms with Gasteiger partial charge in [-0.15, -0.1) is 0 Å². The first kappa shape index (κ1) is 19.6. The second-order valence-electron chi connectivity index (χ2n) is 7.41. The molecule has 0 aliphatic carbocycles. The molecule has 0 N–H and O–H groups in total. The predicted octanol–water partition coefficient (Wildman–Crippen LogP) is 5.31. The Morgan fingerprint density at radius 2 is 1.77 bits per heavy atom. The summed E-state index contributed by atoms with van der Waals surface area (Å²) < 4.78 is 12.1. The highest BCUT2D eigenvalue weighted by Gasteiger charge is 2.42. The molecule has 4 aromatic rings. The van der Waals surface area contributed by atoms with Gasteiger partial charge < -0.3 is 14.1 Å². The average molecular weight is 476 g/mol. The zero-order chi connectivity index (χ0) is 21.5. The van der Waals surface area contributed by atoms with Crippen molar-refractivity contribution >= 4 is 32.8 Å². The third-order valence-corrected chi connectivity index (χ3v) is 6.04. The maximum atomic E-state index is 13.4. The third-order valence-electron chi connectivity index (χ3n) is 5.55. The van der Waals surface area contributed by atoms with Crippen molar-refractivity contribution in [2.24, 2.45) is 0 Å². The Labute approximate surface area is 187 Å². The molecule has 6 heteroatoms. The standard InChI is InChI=1S/C25H18BrNO4/c1-30-18-11-9-15(10-12-18)14-27-22(16-5-4-6-17(26)13-16)21-23(28)19-7-2-3-8-20(19)31-24(21)25(27)29/h2-13,22H,14H2,1H3/t22-/m1/s1. The maximum Gasteiger partial charge on any atom is 0.291 e. The zero-order valence-electron chi connectivity index (χ0n) is 16.7. The van der Waals surface area contributed by atoms with E-state index in [0.717, 1.165) is 21.3 Å². The molecule has 2 heterocycles. The van der Waals surface area contributed by atoms with Crippen LogP contribution in [0.4, 0.5) is 0 Å². The normalized spacial score (nSPS) is 15.4. The molecule has 1 aromatic heterocycles. The highest BCUT2D eigenvalue weighted by Crippen LogP contribution is 2.39. The number of benzene rings is 3. The van der Waals surface area contributed by atoms with Crippen molar-refractivity contribution in [3.8, 4) is 5.75 Å². The lowest BCUT2D eigenvalue weighted by atomic mass is 9.98. The molecule has 1 amide bonds. The lowest BCUT2D eigenvalue weighted by Gasteiger charge is -2.25. The van der Waals surface area contributed by atoms with Gasteiger partial charge in [0.1, 0.15) is 11.3 Å². The molecule has 1 aliphatic rings. The van der Waals surface area contributed by atoms with Crippen molar-refractivity contribution in [1.82, 2.24) is 4.90 Å². The van der Waals surface area contributed by atoms with Gasteiger partial charge in [0, 0.05) is 11.0 Å². The lowest BCUT2D eigenvalue weighted by molar-refractivity contribution is 0.0714. The van der Waals surface area contributed by atoms with Gasteiger partial charge in [-0.3, -0.25) is 9.59 Å². The van der Waals surface area contributed by atoms with Crippen LogP contribution < -0.4 is 10.2 Å². The van der Waals surface area contributed by atoms with Gasteiger partial charge >= 0.3 is 0 Å². The van der Waals surface area contributed by atoms with Gasteiger partial charge in [-0.2, -0.15) is 0 Å². The fourth-order valence-corrected chi connectivity index (χ4v) is 4.50. The van der Waals surface area contributed by atoms with Crippen molar-refractivity contribution in [2.45, 2.75) is 12.6 Å². The average Bonchev–Trinajstić information content (AvgIpc) is 3.06. The van der Waals surface area contributed by atoms with Crippen LogP contribution in [0.25, 0.3) is 11.0 Å². The summed E-state index contributed by atoms with van der Waals surface area (Å²) in [4.78, 5) is 28.6. The van der Waals surface area contributed by atoms with E-state index in [1.165, 1.54) is 0 Å². The van der Waals surface area contributed by atoms with Gasteiger partial charge in [0.15, 0.2) is 5.43 Å². The van der Waals surface area contributed by atoms with E-state index in [1.54, 1.807) is 36.3 Å². The topological polar surface area (TPSA) is 59.8 Å². The Kier molecular flexibility index (Phi) is 4.87. The molecule has 0 unspecified atom stereocenters. The molecular weight excluding hydrogens is 458 g/mol. The molecule has 5 rings (SSSR count). The van der Waals surface area contributed by atoms with Crippen molar-refractivity contribution in [1.29, 1.82) is 0 Å². The number of ether oxygens (including phenoxy) is 1. The van der Waals surface area contributed by atoms with E-state index in [4.69, 9.17) is 9.15 Å². The van der Waals surface area contributed by atoms with Crippen LogP contribution in [-0.4, -0.2) is 17.9 Å². The van der Waals surface area contributed by atoms with Crippen LogP contribution in [0.5, 0.6) is 5.75 Å². The van der Waals surface area contributed by atoms with E-state index < -0.39 is 6.04 Å². The molecule has 1 aliphatic heterocycles. The summed E-state index contributed by atoms with van der Waals surface area (Å²) in [6.45, 7) is 0.333. The van der Waals surface area contributed by atoms with Crippen LogP contribution in [0.1, 0.15) is 33.3 Å². The number of fused-ring (bicyclic) bond motifs is 2. The molecular formula is C25H18BrNO4. The highest BCUT2D eigenvalue weighted by atomic mass is 79.9. The van der Waals surface area contributed by atoms with Gasteiger partial charge in [-0.05, 0) is 47.5 Å². The Morgan fingerprint density at radius 3 is 2.52 bits per heavy atom. The summed E-state index contributed by atoms with van der Waals surface area (Å²) in [5.41, 5.74) is 2.40. The van der Waals surface area contributed by atoms with Gasteiger partial charge in [0.25, 0.3) is 5.91 Å². The van der Waals surface area contributed by atoms with E-state index >= 15 is 0 Å². The highest BCUT2D eigenvalue weighted by molar-refractivity contribution is 9.10. The summed E-state index contributed by atoms with van der Waals surface area (Å²) in [7, 11) is 1.61. The number of hydrogen-bond donors (Lipinski definition) is 0. The van der Waals surface area contributed by atoms with E-state index in [9.17, 15) is 9.59 Å². The van der Waals surface area contributed by atoms with Gasteiger partial charge in [0.05, 0.1) is 24.1 Å². The van der Waals surface area contributed by atoms with E-state index in [0.29, 0.717) is 23.1 Å². The molecule has 5 nitrogen and oxygen atoms in total. The van der Waals surface area contributed by atoms with Crippen LogP contribution in [0.2, 0.25) is 0 Å². The van der Waals surface area contributed by atoms with Crippen molar-refractivity contribution in [3.05, 3.63) is 110 Å². The predicted molar refractivity (Wildman–Crippen MR) is 121 cm³/mol. The molecule has 1 atom stereocenters. The van der Waals surface area contributed by atoms with Crippen LogP contribution in [-0.2, 0) is 6.54 Å². The third kappa shape index (κ3) is 3.33. The first-order valence-electron chi connectivity index (χ1n) is 9.82. The Morgan fingerprint density at radius 1 is 1.00 bits per heavy atom. The molecule has 154 valence electrons. The van der Waals surface area contributed by atoms with Gasteiger partial charge in [0.2, 0.25) is 5.76 Å². The number of halogens is 1. The fourth-order valence-electron chi connectivity index (χ4n) is 4.08. The van der Waals surface area contributed by atoms with Crippen LogP contribution in [0, 0.1) is 0 Å². The molecule has 0 saturated heterocycles. The number of carbonyl (C=O) groups excluding carboxylic acids is 1. The number of para-hydroxylation sites is 1. The largest absolute Gasteiger partial charge is 0.497 e. The van der Waals surface area contributed by atoms with Crippen LogP contribution >= 0.6 is 15.9 Å². The van der Waals surface area contributed by atoms with Gasteiger partial charge in [-0.25, -0.2) is 0 Å². The van der Waals surface area contributed by atoms with E-state index in [-0.39, 0.29) is 17.1 Å². The molecule has 0 fully saturated rings. The molecule has 3 aromatic carbocycles. The SMILES string of the molecule is COc1ccc(CN2C(=O)c3oc4ccccc4c(=O)c3[C@H]2c2cccc(Br)c2)cc1. The molecule has 0 spiro atoms. The summed E-state index contributed by atoms with van der Waals surface area (Å²) in [6, 6.07) is 21.7. The summed E-state index contributed by atoms with van der Waals surface area (Å²) in [5, 5.41) is 0.473. The monoisotopic (exact) mass is 475 g/mol. The number of carbonyl (C=O) groups is 1. The maximum absolute atomic E-state index is 13.4. The number of nitrogens with zero attached hydrogens (tertiary/aromatic N) is 1.